The zero-order chi connectivity index (χ0) is 15.6. The molecule has 6 nitrogen and oxygen atoms in total. The number of hydrogen-bond donors (Lipinski definition) is 1. The number of hydrogen-bond acceptors (Lipinski definition) is 4. The molecule has 0 bridgehead atoms. The van der Waals surface area contributed by atoms with Crippen LogP contribution in [0, 0.1) is 21.3 Å². The highest BCUT2D eigenvalue weighted by atomic mass is 19.1. The summed E-state index contributed by atoms with van der Waals surface area (Å²) in [4.78, 5) is 23.4. The van der Waals surface area contributed by atoms with E-state index in [-0.39, 0.29) is 5.69 Å². The lowest BCUT2D eigenvalue weighted by Gasteiger charge is -2.39. The number of anilines is 1. The largest absolute Gasteiger partial charge is 0.481 e. The smallest absolute Gasteiger partial charge is 0.327 e. The van der Waals surface area contributed by atoms with Crippen LogP contribution < -0.4 is 4.90 Å². The van der Waals surface area contributed by atoms with Crippen LogP contribution in [0.5, 0.6) is 0 Å². The van der Waals surface area contributed by atoms with Gasteiger partial charge in [0.25, 0.3) is 0 Å². The topological polar surface area (TPSA) is 83.7 Å². The van der Waals surface area contributed by atoms with Gasteiger partial charge in [0.1, 0.15) is 5.69 Å². The van der Waals surface area contributed by atoms with Crippen molar-refractivity contribution in [1.29, 1.82) is 0 Å². The van der Waals surface area contributed by atoms with Crippen molar-refractivity contribution < 1.29 is 19.2 Å². The monoisotopic (exact) mass is 296 g/mol. The van der Waals surface area contributed by atoms with Gasteiger partial charge in [0.05, 0.1) is 10.3 Å². The van der Waals surface area contributed by atoms with E-state index in [1.54, 1.807) is 4.90 Å². The summed E-state index contributed by atoms with van der Waals surface area (Å²) in [6.45, 7) is 2.56. The molecule has 1 fully saturated rings. The Morgan fingerprint density at radius 2 is 2.10 bits per heavy atom. The van der Waals surface area contributed by atoms with Crippen molar-refractivity contribution in [3.05, 3.63) is 34.1 Å². The summed E-state index contributed by atoms with van der Waals surface area (Å²) in [5.74, 6) is -1.71. The SMILES string of the molecule is CCC1(C(=O)O)CCN(c2cccc(F)c2[N+](=O)[O-])CC1. The second kappa shape index (κ2) is 5.67. The third-order valence-electron chi connectivity index (χ3n) is 4.34. The van der Waals surface area contributed by atoms with Crippen molar-refractivity contribution in [1.82, 2.24) is 0 Å². The number of para-hydroxylation sites is 1. The summed E-state index contributed by atoms with van der Waals surface area (Å²) in [5, 5.41) is 20.4. The van der Waals surface area contributed by atoms with E-state index >= 15 is 0 Å². The van der Waals surface area contributed by atoms with Crippen LogP contribution in [0.25, 0.3) is 0 Å². The van der Waals surface area contributed by atoms with Crippen LogP contribution in [0.15, 0.2) is 18.2 Å². The molecule has 1 aromatic carbocycles. The molecule has 1 aromatic rings. The maximum atomic E-state index is 13.6. The van der Waals surface area contributed by atoms with Gasteiger partial charge < -0.3 is 10.0 Å². The molecule has 21 heavy (non-hydrogen) atoms. The summed E-state index contributed by atoms with van der Waals surface area (Å²) < 4.78 is 13.6. The first-order valence-electron chi connectivity index (χ1n) is 6.82. The van der Waals surface area contributed by atoms with E-state index in [1.165, 1.54) is 12.1 Å². The first-order valence-corrected chi connectivity index (χ1v) is 6.82. The van der Waals surface area contributed by atoms with E-state index in [1.807, 2.05) is 6.92 Å². The Labute approximate surface area is 121 Å². The number of aliphatic carboxylic acids is 1. The van der Waals surface area contributed by atoms with Gasteiger partial charge in [-0.2, -0.15) is 4.39 Å². The molecule has 1 aliphatic heterocycles. The highest BCUT2D eigenvalue weighted by molar-refractivity contribution is 5.75. The Bertz CT molecular complexity index is 568. The summed E-state index contributed by atoms with van der Waals surface area (Å²) in [5.41, 5.74) is -1.11. The molecule has 0 aliphatic carbocycles. The third kappa shape index (κ3) is 2.68. The predicted molar refractivity (Wildman–Crippen MR) is 74.9 cm³/mol. The highest BCUT2D eigenvalue weighted by Gasteiger charge is 2.41. The second-order valence-corrected chi connectivity index (χ2v) is 5.29. The Morgan fingerprint density at radius 1 is 1.48 bits per heavy atom. The summed E-state index contributed by atoms with van der Waals surface area (Å²) in [7, 11) is 0. The van der Waals surface area contributed by atoms with Crippen LogP contribution in [-0.4, -0.2) is 29.1 Å². The Kier molecular flexibility index (Phi) is 4.11. The molecule has 0 unspecified atom stereocenters. The molecule has 0 atom stereocenters. The van der Waals surface area contributed by atoms with E-state index in [2.05, 4.69) is 0 Å². The standard InChI is InChI=1S/C14H17FN2O4/c1-2-14(13(18)19)6-8-16(9-7-14)11-5-3-4-10(15)12(11)17(20)21/h3-5H,2,6-9H2,1H3,(H,18,19). The van der Waals surface area contributed by atoms with Crippen LogP contribution >= 0.6 is 0 Å². The van der Waals surface area contributed by atoms with E-state index in [4.69, 9.17) is 0 Å². The molecule has 0 radical (unpaired) electrons. The van der Waals surface area contributed by atoms with Gasteiger partial charge in [-0.3, -0.25) is 14.9 Å². The molecule has 0 amide bonds. The number of carboxylic acids is 1. The minimum Gasteiger partial charge on any atom is -0.481 e. The number of carbonyl (C=O) groups is 1. The van der Waals surface area contributed by atoms with Gasteiger partial charge in [-0.15, -0.1) is 0 Å². The number of piperidine rings is 1. The van der Waals surface area contributed by atoms with Crippen LogP contribution in [0.2, 0.25) is 0 Å². The first-order chi connectivity index (χ1) is 9.91. The average Bonchev–Trinajstić information content (AvgIpc) is 2.46. The van der Waals surface area contributed by atoms with Gasteiger partial charge in [0.2, 0.25) is 5.82 Å². The molecule has 0 aromatic heterocycles. The third-order valence-corrected chi connectivity index (χ3v) is 4.34. The average molecular weight is 296 g/mol. The summed E-state index contributed by atoms with van der Waals surface area (Å²) >= 11 is 0. The van der Waals surface area contributed by atoms with Gasteiger partial charge in [0, 0.05) is 13.1 Å². The zero-order valence-corrected chi connectivity index (χ0v) is 11.7. The normalized spacial score (nSPS) is 17.5. The van der Waals surface area contributed by atoms with Gasteiger partial charge in [-0.1, -0.05) is 13.0 Å². The van der Waals surface area contributed by atoms with Gasteiger partial charge in [0.15, 0.2) is 0 Å². The Balaban J connectivity index is 2.26. The van der Waals surface area contributed by atoms with E-state index in [9.17, 15) is 24.4 Å². The molecule has 1 N–H and O–H groups in total. The second-order valence-electron chi connectivity index (χ2n) is 5.29. The Morgan fingerprint density at radius 3 is 2.57 bits per heavy atom. The van der Waals surface area contributed by atoms with Crippen molar-refractivity contribution in [2.75, 3.05) is 18.0 Å². The van der Waals surface area contributed by atoms with Crippen LogP contribution in [0.4, 0.5) is 15.8 Å². The number of nitro benzene ring substituents is 1. The molecule has 114 valence electrons. The van der Waals surface area contributed by atoms with Crippen molar-refractivity contribution in [3.63, 3.8) is 0 Å². The van der Waals surface area contributed by atoms with Crippen LogP contribution in [-0.2, 0) is 4.79 Å². The number of nitro groups is 1. The summed E-state index contributed by atoms with van der Waals surface area (Å²) in [6, 6.07) is 3.98. The molecule has 1 aliphatic rings. The fourth-order valence-electron chi connectivity index (χ4n) is 2.83. The fraction of sp³-hybridized carbons (Fsp3) is 0.500. The van der Waals surface area contributed by atoms with Crippen LogP contribution in [0.1, 0.15) is 26.2 Å². The summed E-state index contributed by atoms with van der Waals surface area (Å²) in [6.07, 6.45) is 1.31. The van der Waals surface area contributed by atoms with Gasteiger partial charge in [-0.25, -0.2) is 0 Å². The van der Waals surface area contributed by atoms with E-state index < -0.39 is 27.8 Å². The molecular weight excluding hydrogens is 279 g/mol. The number of halogens is 1. The minimum atomic E-state index is -0.872. The zero-order valence-electron chi connectivity index (χ0n) is 11.7. The van der Waals surface area contributed by atoms with E-state index in [0.29, 0.717) is 32.4 Å². The number of rotatable bonds is 4. The first kappa shape index (κ1) is 15.2. The molecule has 0 saturated carbocycles. The van der Waals surface area contributed by atoms with Crippen molar-refractivity contribution in [2.45, 2.75) is 26.2 Å². The van der Waals surface area contributed by atoms with Gasteiger partial charge >= 0.3 is 11.7 Å². The maximum absolute atomic E-state index is 13.6. The molecule has 7 heteroatoms. The number of benzene rings is 1. The fourth-order valence-corrected chi connectivity index (χ4v) is 2.83. The van der Waals surface area contributed by atoms with Crippen molar-refractivity contribution in [3.8, 4) is 0 Å². The molecule has 1 heterocycles. The lowest BCUT2D eigenvalue weighted by Crippen LogP contribution is -2.44. The quantitative estimate of drug-likeness (QED) is 0.682. The lowest BCUT2D eigenvalue weighted by atomic mass is 9.76. The van der Waals surface area contributed by atoms with Crippen molar-refractivity contribution in [2.24, 2.45) is 5.41 Å². The number of carboxylic acid groups (broad SMARTS) is 1. The van der Waals surface area contributed by atoms with Gasteiger partial charge in [-0.05, 0) is 31.4 Å². The lowest BCUT2D eigenvalue weighted by molar-refractivity contribution is -0.386. The van der Waals surface area contributed by atoms with Crippen LogP contribution in [0.3, 0.4) is 0 Å². The predicted octanol–water partition coefficient (Wildman–Crippen LogP) is 2.82. The Hall–Kier alpha value is -2.18. The molecule has 0 spiro atoms. The molecule has 1 saturated heterocycles. The van der Waals surface area contributed by atoms with Crippen molar-refractivity contribution >= 4 is 17.3 Å². The highest BCUT2D eigenvalue weighted by Crippen LogP contribution is 2.39. The minimum absolute atomic E-state index is 0.218. The number of nitrogens with zero attached hydrogens (tertiary/aromatic N) is 2. The maximum Gasteiger partial charge on any atom is 0.327 e. The van der Waals surface area contributed by atoms with E-state index in [0.717, 1.165) is 6.07 Å². The molecule has 2 rings (SSSR count). The molecular formula is C14H17FN2O4.